The number of hydrogen-bond donors (Lipinski definition) is 2. The van der Waals surface area contributed by atoms with E-state index >= 15 is 0 Å². The van der Waals surface area contributed by atoms with Crippen LogP contribution in [-0.2, 0) is 28.7 Å². The van der Waals surface area contributed by atoms with Gasteiger partial charge in [-0.05, 0) is 30.2 Å². The predicted molar refractivity (Wildman–Crippen MR) is 78.3 cm³/mol. The van der Waals surface area contributed by atoms with Crippen molar-refractivity contribution in [1.29, 1.82) is 0 Å². The van der Waals surface area contributed by atoms with E-state index in [1.54, 1.807) is 24.3 Å². The molecule has 9 heteroatoms. The lowest BCUT2D eigenvalue weighted by Gasteiger charge is -2.07. The van der Waals surface area contributed by atoms with Crippen LogP contribution in [0.1, 0.15) is 17.7 Å². The largest absolute Gasteiger partial charge is 0.481 e. The number of aliphatic carboxylic acids is 1. The number of carbonyl (C=O) groups is 2. The van der Waals surface area contributed by atoms with Crippen LogP contribution in [0.5, 0.6) is 0 Å². The van der Waals surface area contributed by atoms with Crippen LogP contribution >= 0.6 is 0 Å². The number of aryl methyl sites for hydroxylation is 1. The van der Waals surface area contributed by atoms with Gasteiger partial charge < -0.3 is 10.4 Å². The molecule has 0 radical (unpaired) electrons. The summed E-state index contributed by atoms with van der Waals surface area (Å²) >= 11 is 0. The van der Waals surface area contributed by atoms with Crippen molar-refractivity contribution < 1.29 is 27.9 Å². The second-order valence-corrected chi connectivity index (χ2v) is 5.04. The molecule has 1 aromatic carbocycles. The predicted octanol–water partition coefficient (Wildman–Crippen LogP) is 2.56. The monoisotopic (exact) mass is 341 g/mol. The average Bonchev–Trinajstić information content (AvgIpc) is 2.94. The van der Waals surface area contributed by atoms with Crippen molar-refractivity contribution in [2.75, 3.05) is 5.32 Å². The molecule has 0 spiro atoms. The van der Waals surface area contributed by atoms with Gasteiger partial charge in [0.05, 0.1) is 0 Å². The molecule has 1 amide bonds. The van der Waals surface area contributed by atoms with Crippen LogP contribution in [0.4, 0.5) is 18.9 Å². The molecule has 0 bridgehead atoms. The maximum atomic E-state index is 12.4. The number of benzene rings is 1. The van der Waals surface area contributed by atoms with E-state index in [-0.39, 0.29) is 13.0 Å². The van der Waals surface area contributed by atoms with Gasteiger partial charge >= 0.3 is 12.1 Å². The van der Waals surface area contributed by atoms with Gasteiger partial charge in [0.2, 0.25) is 5.91 Å². The summed E-state index contributed by atoms with van der Waals surface area (Å²) in [5, 5.41) is 14.5. The molecule has 0 aliphatic carbocycles. The van der Waals surface area contributed by atoms with Crippen LogP contribution in [-0.4, -0.2) is 26.8 Å². The first kappa shape index (κ1) is 17.5. The minimum absolute atomic E-state index is 0.0368. The summed E-state index contributed by atoms with van der Waals surface area (Å²) in [6.07, 6.45) is -3.20. The Kier molecular flexibility index (Phi) is 5.22. The third-order valence-corrected chi connectivity index (χ3v) is 3.07. The maximum absolute atomic E-state index is 12.4. The smallest absolute Gasteiger partial charge is 0.435 e. The highest BCUT2D eigenvalue weighted by Gasteiger charge is 2.33. The molecule has 1 aromatic heterocycles. The Morgan fingerprint density at radius 1 is 1.25 bits per heavy atom. The summed E-state index contributed by atoms with van der Waals surface area (Å²) in [6.45, 7) is -0.366. The molecular weight excluding hydrogens is 327 g/mol. The lowest BCUT2D eigenvalue weighted by Crippen LogP contribution is -2.19. The Morgan fingerprint density at radius 2 is 2.00 bits per heavy atom. The van der Waals surface area contributed by atoms with Gasteiger partial charge in [-0.1, -0.05) is 12.1 Å². The zero-order valence-electron chi connectivity index (χ0n) is 12.4. The molecule has 0 unspecified atom stereocenters. The molecule has 0 saturated carbocycles. The van der Waals surface area contributed by atoms with Crippen LogP contribution < -0.4 is 5.32 Å². The van der Waals surface area contributed by atoms with E-state index in [0.29, 0.717) is 12.1 Å². The van der Waals surface area contributed by atoms with Gasteiger partial charge in [-0.15, -0.1) is 0 Å². The first-order valence-electron chi connectivity index (χ1n) is 6.95. The van der Waals surface area contributed by atoms with Gasteiger partial charge in [-0.3, -0.25) is 14.3 Å². The van der Waals surface area contributed by atoms with Crippen LogP contribution in [0, 0.1) is 0 Å². The maximum Gasteiger partial charge on any atom is 0.435 e. The van der Waals surface area contributed by atoms with Crippen LogP contribution in [0.25, 0.3) is 0 Å². The molecule has 128 valence electrons. The zero-order valence-corrected chi connectivity index (χ0v) is 12.4. The van der Waals surface area contributed by atoms with Crippen molar-refractivity contribution in [3.05, 3.63) is 47.8 Å². The Morgan fingerprint density at radius 3 is 2.62 bits per heavy atom. The standard InChI is InChI=1S/C15H14F3N3O3/c16-15(17,18)12-6-7-21(20-12)9-13(22)19-11-3-1-2-10(8-11)4-5-14(23)24/h1-3,6-8H,4-5,9H2,(H,19,22)(H,23,24). The molecule has 2 rings (SSSR count). The van der Waals surface area contributed by atoms with Gasteiger partial charge in [-0.2, -0.15) is 18.3 Å². The number of carboxylic acids is 1. The van der Waals surface area contributed by atoms with Crippen LogP contribution in [0.2, 0.25) is 0 Å². The van der Waals surface area contributed by atoms with Crippen molar-refractivity contribution in [2.45, 2.75) is 25.6 Å². The normalized spacial score (nSPS) is 11.3. The van der Waals surface area contributed by atoms with Gasteiger partial charge in [0, 0.05) is 18.3 Å². The number of anilines is 1. The van der Waals surface area contributed by atoms with Crippen LogP contribution in [0.15, 0.2) is 36.5 Å². The number of rotatable bonds is 6. The molecule has 2 N–H and O–H groups in total. The lowest BCUT2D eigenvalue weighted by molar-refractivity contribution is -0.141. The number of alkyl halides is 3. The van der Waals surface area contributed by atoms with Crippen molar-refractivity contribution >= 4 is 17.6 Å². The molecule has 0 aliphatic rings. The lowest BCUT2D eigenvalue weighted by atomic mass is 10.1. The Bertz CT molecular complexity index is 741. The van der Waals surface area contributed by atoms with Crippen LogP contribution in [0.3, 0.4) is 0 Å². The summed E-state index contributed by atoms with van der Waals surface area (Å²) in [7, 11) is 0. The van der Waals surface area contributed by atoms with E-state index < -0.39 is 23.7 Å². The summed E-state index contributed by atoms with van der Waals surface area (Å²) in [5.41, 5.74) is 0.103. The van der Waals surface area contributed by atoms with E-state index in [0.717, 1.165) is 22.5 Å². The quantitative estimate of drug-likeness (QED) is 0.846. The number of amides is 1. The zero-order chi connectivity index (χ0) is 17.7. The second-order valence-electron chi connectivity index (χ2n) is 5.04. The Hall–Kier alpha value is -2.84. The van der Waals surface area contributed by atoms with Gasteiger partial charge in [0.25, 0.3) is 0 Å². The molecule has 6 nitrogen and oxygen atoms in total. The van der Waals surface area contributed by atoms with E-state index in [9.17, 15) is 22.8 Å². The van der Waals surface area contributed by atoms with Crippen molar-refractivity contribution in [1.82, 2.24) is 9.78 Å². The third-order valence-electron chi connectivity index (χ3n) is 3.07. The number of aromatic nitrogens is 2. The van der Waals surface area contributed by atoms with E-state index in [2.05, 4.69) is 10.4 Å². The van der Waals surface area contributed by atoms with Gasteiger partial charge in [0.1, 0.15) is 6.54 Å². The van der Waals surface area contributed by atoms with Crippen molar-refractivity contribution in [3.63, 3.8) is 0 Å². The SMILES string of the molecule is O=C(O)CCc1cccc(NC(=O)Cn2ccc(C(F)(F)F)n2)c1. The molecule has 0 fully saturated rings. The topological polar surface area (TPSA) is 84.2 Å². The van der Waals surface area contributed by atoms with E-state index in [4.69, 9.17) is 5.11 Å². The summed E-state index contributed by atoms with van der Waals surface area (Å²) in [6, 6.07) is 7.39. The minimum atomic E-state index is -4.56. The molecular formula is C15H14F3N3O3. The summed E-state index contributed by atoms with van der Waals surface area (Å²) in [4.78, 5) is 22.4. The van der Waals surface area contributed by atoms with Gasteiger partial charge in [0.15, 0.2) is 5.69 Å². The fourth-order valence-corrected chi connectivity index (χ4v) is 2.00. The second kappa shape index (κ2) is 7.16. The number of nitrogens with one attached hydrogen (secondary N) is 1. The first-order valence-corrected chi connectivity index (χ1v) is 6.95. The highest BCUT2D eigenvalue weighted by Crippen LogP contribution is 2.27. The molecule has 24 heavy (non-hydrogen) atoms. The van der Waals surface area contributed by atoms with Gasteiger partial charge in [-0.25, -0.2) is 0 Å². The molecule has 0 saturated heterocycles. The Balaban J connectivity index is 1.96. The average molecular weight is 341 g/mol. The summed E-state index contributed by atoms with van der Waals surface area (Å²) in [5.74, 6) is -1.47. The number of hydrogen-bond acceptors (Lipinski definition) is 3. The molecule has 1 heterocycles. The van der Waals surface area contributed by atoms with E-state index in [1.807, 2.05) is 0 Å². The van der Waals surface area contributed by atoms with E-state index in [1.165, 1.54) is 0 Å². The minimum Gasteiger partial charge on any atom is -0.481 e. The molecule has 2 aromatic rings. The molecule has 0 aliphatic heterocycles. The number of nitrogens with zero attached hydrogens (tertiary/aromatic N) is 2. The highest BCUT2D eigenvalue weighted by atomic mass is 19.4. The summed E-state index contributed by atoms with van der Waals surface area (Å²) < 4.78 is 38.2. The fourth-order valence-electron chi connectivity index (χ4n) is 2.00. The highest BCUT2D eigenvalue weighted by molar-refractivity contribution is 5.90. The third kappa shape index (κ3) is 5.11. The molecule has 0 atom stereocenters. The van der Waals surface area contributed by atoms with Crippen molar-refractivity contribution in [3.8, 4) is 0 Å². The first-order chi connectivity index (χ1) is 11.2. The van der Waals surface area contributed by atoms with Crippen molar-refractivity contribution in [2.24, 2.45) is 0 Å². The number of halogens is 3. The number of carbonyl (C=O) groups excluding carboxylic acids is 1. The Labute approximate surface area is 134 Å². The fraction of sp³-hybridized carbons (Fsp3) is 0.267. The number of carboxylic acid groups (broad SMARTS) is 1.